The Bertz CT molecular complexity index is 1190. The van der Waals surface area contributed by atoms with Crippen LogP contribution in [0.2, 0.25) is 0 Å². The normalized spacial score (nSPS) is 15.5. The van der Waals surface area contributed by atoms with Crippen LogP contribution < -0.4 is 4.72 Å². The highest BCUT2D eigenvalue weighted by Crippen LogP contribution is 2.22. The van der Waals surface area contributed by atoms with Gasteiger partial charge in [0.05, 0.1) is 11.5 Å². The lowest BCUT2D eigenvalue weighted by Gasteiger charge is -2.02. The van der Waals surface area contributed by atoms with Crippen LogP contribution in [0.15, 0.2) is 63.2 Å². The number of carbonyl (C=O) groups excluding carboxylic acids is 1. The molecule has 3 heterocycles. The number of esters is 1. The Hall–Kier alpha value is -3.60. The van der Waals surface area contributed by atoms with Crippen molar-refractivity contribution >= 4 is 21.8 Å². The van der Waals surface area contributed by atoms with Crippen molar-refractivity contribution in [3.63, 3.8) is 0 Å². The van der Waals surface area contributed by atoms with E-state index in [1.807, 2.05) is 6.07 Å². The van der Waals surface area contributed by atoms with E-state index >= 15 is 0 Å². The van der Waals surface area contributed by atoms with E-state index in [1.165, 1.54) is 6.07 Å². The number of hydrogen-bond donors (Lipinski definition) is 1. The predicted octanol–water partition coefficient (Wildman–Crippen LogP) is 1.35. The Morgan fingerprint density at radius 2 is 2.07 bits per heavy atom. The number of nitrogens with zero attached hydrogens (tertiary/aromatic N) is 4. The van der Waals surface area contributed by atoms with E-state index in [9.17, 15) is 13.2 Å². The minimum absolute atomic E-state index is 0.136. The van der Waals surface area contributed by atoms with Crippen LogP contribution in [0.3, 0.4) is 0 Å². The number of carbonyl (C=O) groups is 1. The number of benzene rings is 1. The lowest BCUT2D eigenvalue weighted by molar-refractivity contribution is -0.141. The number of hydrogen-bond acceptors (Lipinski definition) is 9. The van der Waals surface area contributed by atoms with Gasteiger partial charge in [0.15, 0.2) is 0 Å². The fourth-order valence-electron chi connectivity index (χ4n) is 2.82. The summed E-state index contributed by atoms with van der Waals surface area (Å²) in [5.74, 6) is 0.455. The molecule has 4 rings (SSSR count). The Kier molecular flexibility index (Phi) is 5.53. The van der Waals surface area contributed by atoms with Gasteiger partial charge in [-0.1, -0.05) is 17.3 Å². The number of amidine groups is 1. The van der Waals surface area contributed by atoms with Crippen molar-refractivity contribution < 1.29 is 22.5 Å². The highest BCUT2D eigenvalue weighted by molar-refractivity contribution is 7.90. The molecule has 11 heteroatoms. The Morgan fingerprint density at radius 3 is 2.90 bits per heavy atom. The van der Waals surface area contributed by atoms with E-state index < -0.39 is 16.0 Å². The highest BCUT2D eigenvalue weighted by Gasteiger charge is 2.30. The van der Waals surface area contributed by atoms with Gasteiger partial charge in [-0.25, -0.2) is 8.42 Å². The van der Waals surface area contributed by atoms with Gasteiger partial charge in [0.2, 0.25) is 11.7 Å². The number of rotatable bonds is 7. The maximum Gasteiger partial charge on any atom is 0.327 e. The molecule has 0 saturated heterocycles. The second-order valence-corrected chi connectivity index (χ2v) is 7.99. The molecule has 0 radical (unpaired) electrons. The molecule has 0 saturated carbocycles. The third-order valence-electron chi connectivity index (χ3n) is 4.21. The zero-order valence-electron chi connectivity index (χ0n) is 15.7. The van der Waals surface area contributed by atoms with Gasteiger partial charge in [-0.3, -0.25) is 19.5 Å². The average molecular weight is 427 g/mol. The monoisotopic (exact) mass is 427 g/mol. The molecule has 0 amide bonds. The van der Waals surface area contributed by atoms with Crippen molar-refractivity contribution in [2.75, 3.05) is 13.2 Å². The molecule has 0 atom stereocenters. The molecule has 0 bridgehead atoms. The SMILES string of the molecule is O=C(CN=C1NS(=O)(=O)c2ccccc21)OCCCc1nc(-c2cccnc2)no1. The molecule has 0 spiro atoms. The van der Waals surface area contributed by atoms with Gasteiger partial charge in [0, 0.05) is 29.9 Å². The third kappa shape index (κ3) is 4.35. The third-order valence-corrected chi connectivity index (χ3v) is 5.61. The van der Waals surface area contributed by atoms with Crippen LogP contribution in [-0.2, 0) is 26.0 Å². The molecule has 1 aliphatic heterocycles. The summed E-state index contributed by atoms with van der Waals surface area (Å²) in [4.78, 5) is 24.4. The van der Waals surface area contributed by atoms with Gasteiger partial charge in [-0.05, 0) is 30.7 Å². The first kappa shape index (κ1) is 19.7. The zero-order chi connectivity index (χ0) is 21.0. The van der Waals surface area contributed by atoms with Gasteiger partial charge in [0.1, 0.15) is 12.4 Å². The molecule has 3 aromatic rings. The fraction of sp³-hybridized carbons (Fsp3) is 0.211. The zero-order valence-corrected chi connectivity index (χ0v) is 16.5. The van der Waals surface area contributed by atoms with E-state index in [4.69, 9.17) is 9.26 Å². The van der Waals surface area contributed by atoms with Crippen molar-refractivity contribution in [2.45, 2.75) is 17.7 Å². The summed E-state index contributed by atoms with van der Waals surface area (Å²) >= 11 is 0. The predicted molar refractivity (Wildman–Crippen MR) is 105 cm³/mol. The van der Waals surface area contributed by atoms with Crippen molar-refractivity contribution in [3.05, 3.63) is 60.2 Å². The maximum atomic E-state index is 12.0. The molecule has 1 aliphatic rings. The minimum Gasteiger partial charge on any atom is -0.464 e. The van der Waals surface area contributed by atoms with Crippen LogP contribution in [0.4, 0.5) is 0 Å². The molecule has 0 unspecified atom stereocenters. The van der Waals surface area contributed by atoms with Crippen LogP contribution in [0.5, 0.6) is 0 Å². The van der Waals surface area contributed by atoms with Gasteiger partial charge in [0.25, 0.3) is 10.0 Å². The van der Waals surface area contributed by atoms with Crippen LogP contribution >= 0.6 is 0 Å². The largest absolute Gasteiger partial charge is 0.464 e. The van der Waals surface area contributed by atoms with Gasteiger partial charge < -0.3 is 9.26 Å². The number of aromatic nitrogens is 3. The molecule has 0 aliphatic carbocycles. The van der Waals surface area contributed by atoms with E-state index in [0.717, 1.165) is 5.56 Å². The van der Waals surface area contributed by atoms with Gasteiger partial charge in [-0.2, -0.15) is 4.98 Å². The molecular formula is C19H17N5O5S. The van der Waals surface area contributed by atoms with Crippen LogP contribution in [0.25, 0.3) is 11.4 Å². The van der Waals surface area contributed by atoms with Crippen LogP contribution in [0, 0.1) is 0 Å². The summed E-state index contributed by atoms with van der Waals surface area (Å²) in [6.45, 7) is -0.144. The fourth-order valence-corrected chi connectivity index (χ4v) is 4.07. The van der Waals surface area contributed by atoms with Gasteiger partial charge >= 0.3 is 5.97 Å². The summed E-state index contributed by atoms with van der Waals surface area (Å²) in [6.07, 6.45) is 4.24. The van der Waals surface area contributed by atoms with E-state index in [-0.39, 0.29) is 23.9 Å². The molecular weight excluding hydrogens is 410 g/mol. The molecule has 30 heavy (non-hydrogen) atoms. The second kappa shape index (κ2) is 8.41. The quantitative estimate of drug-likeness (QED) is 0.441. The van der Waals surface area contributed by atoms with Crippen LogP contribution in [-0.4, -0.2) is 48.5 Å². The summed E-state index contributed by atoms with van der Waals surface area (Å²) in [7, 11) is -3.63. The number of sulfonamides is 1. The number of nitrogens with one attached hydrogen (secondary N) is 1. The van der Waals surface area contributed by atoms with Crippen molar-refractivity contribution in [3.8, 4) is 11.4 Å². The molecule has 10 nitrogen and oxygen atoms in total. The lowest BCUT2D eigenvalue weighted by Crippen LogP contribution is -2.23. The summed E-state index contributed by atoms with van der Waals surface area (Å²) in [5, 5.41) is 3.90. The molecule has 1 aromatic carbocycles. The Balaban J connectivity index is 1.25. The van der Waals surface area contributed by atoms with E-state index in [2.05, 4.69) is 24.8 Å². The number of aliphatic imine (C=N–C) groups is 1. The second-order valence-electron chi connectivity index (χ2n) is 6.34. The van der Waals surface area contributed by atoms with E-state index in [1.54, 1.807) is 36.7 Å². The number of aryl methyl sites for hydroxylation is 1. The minimum atomic E-state index is -3.63. The van der Waals surface area contributed by atoms with Crippen molar-refractivity contribution in [1.29, 1.82) is 0 Å². The summed E-state index contributed by atoms with van der Waals surface area (Å²) in [5.41, 5.74) is 1.19. The van der Waals surface area contributed by atoms with Gasteiger partial charge in [-0.15, -0.1) is 0 Å². The highest BCUT2D eigenvalue weighted by atomic mass is 32.2. The average Bonchev–Trinajstić information content (AvgIpc) is 3.33. The van der Waals surface area contributed by atoms with E-state index in [0.29, 0.717) is 30.1 Å². The summed E-state index contributed by atoms with van der Waals surface area (Å²) in [6, 6.07) is 10.0. The summed E-state index contributed by atoms with van der Waals surface area (Å²) < 4.78 is 36.7. The number of ether oxygens (including phenoxy) is 1. The maximum absolute atomic E-state index is 12.0. The molecule has 1 N–H and O–H groups in total. The first-order chi connectivity index (χ1) is 14.5. The smallest absolute Gasteiger partial charge is 0.327 e. The number of pyridine rings is 1. The van der Waals surface area contributed by atoms with Crippen LogP contribution in [0.1, 0.15) is 17.9 Å². The molecule has 154 valence electrons. The van der Waals surface area contributed by atoms with Crippen molar-refractivity contribution in [1.82, 2.24) is 19.8 Å². The lowest BCUT2D eigenvalue weighted by atomic mass is 10.2. The Morgan fingerprint density at radius 1 is 1.20 bits per heavy atom. The standard InChI is InChI=1S/C19H17N5O5S/c25-17(12-21-19-14-6-1-2-7-15(14)30(26,27)24-19)28-10-4-8-16-22-18(23-29-16)13-5-3-9-20-11-13/h1-3,5-7,9,11H,4,8,10,12H2,(H,21,24). The Labute approximate surface area is 172 Å². The molecule has 0 fully saturated rings. The number of fused-ring (bicyclic) bond motifs is 1. The molecule has 2 aromatic heterocycles. The first-order valence-electron chi connectivity index (χ1n) is 9.08. The van der Waals surface area contributed by atoms with Crippen molar-refractivity contribution in [2.24, 2.45) is 4.99 Å². The first-order valence-corrected chi connectivity index (χ1v) is 10.6. The topological polar surface area (TPSA) is 137 Å².